The van der Waals surface area contributed by atoms with E-state index in [1.807, 2.05) is 42.6 Å². The molecule has 0 aliphatic rings. The number of para-hydroxylation sites is 3. The molecule has 2 N–H and O–H groups in total. The highest BCUT2D eigenvalue weighted by Crippen LogP contribution is 2.20. The van der Waals surface area contributed by atoms with Crippen LogP contribution in [0.1, 0.15) is 24.7 Å². The Morgan fingerprint density at radius 2 is 2.00 bits per heavy atom. The number of thioether (sulfide) groups is 1. The largest absolute Gasteiger partial charge is 0.347 e. The van der Waals surface area contributed by atoms with Crippen LogP contribution in [0.3, 0.4) is 0 Å². The van der Waals surface area contributed by atoms with Crippen molar-refractivity contribution < 1.29 is 4.79 Å². The molecule has 0 aliphatic heterocycles. The van der Waals surface area contributed by atoms with Gasteiger partial charge >= 0.3 is 0 Å². The Hall–Kier alpha value is -2.73. The minimum Gasteiger partial charge on any atom is -0.347 e. The third-order valence-electron chi connectivity index (χ3n) is 4.94. The van der Waals surface area contributed by atoms with Gasteiger partial charge in [-0.15, -0.1) is 0 Å². The number of aryl methyl sites for hydroxylation is 1. The average molecular weight is 393 g/mol. The number of hydrogen-bond acceptors (Lipinski definition) is 3. The number of amides is 1. The van der Waals surface area contributed by atoms with Crippen LogP contribution in [0.4, 0.5) is 0 Å². The molecule has 0 saturated heterocycles. The van der Waals surface area contributed by atoms with Gasteiger partial charge in [-0.25, -0.2) is 4.98 Å². The van der Waals surface area contributed by atoms with Crippen LogP contribution in [0.25, 0.3) is 21.9 Å². The van der Waals surface area contributed by atoms with E-state index in [0.29, 0.717) is 13.0 Å². The number of carbonyl (C=O) groups is 1. The first kappa shape index (κ1) is 18.6. The molecule has 0 saturated carbocycles. The van der Waals surface area contributed by atoms with Crippen molar-refractivity contribution in [2.24, 2.45) is 0 Å². The van der Waals surface area contributed by atoms with E-state index in [-0.39, 0.29) is 11.9 Å². The maximum atomic E-state index is 12.7. The minimum atomic E-state index is -0.103. The summed E-state index contributed by atoms with van der Waals surface area (Å²) in [5.41, 5.74) is 3.09. The maximum Gasteiger partial charge on any atom is 0.222 e. The standard InChI is InChI=1S/C22H24N4OS/c1-28-15-12-19(22-24-17-7-3-4-8-18(17)25-22)23-21(27)11-14-26-13-10-16-6-2-5-9-20(16)26/h2-10,13,19H,11-12,14-15H2,1H3,(H,23,27)(H,24,25)/t19-/m1/s1. The first-order valence-electron chi connectivity index (χ1n) is 9.51. The molecule has 1 atom stereocenters. The van der Waals surface area contributed by atoms with Crippen LogP contribution in [0.2, 0.25) is 0 Å². The molecular formula is C22H24N4OS. The van der Waals surface area contributed by atoms with Gasteiger partial charge in [-0.05, 0) is 48.1 Å². The van der Waals surface area contributed by atoms with E-state index in [1.54, 1.807) is 11.8 Å². The van der Waals surface area contributed by atoms with Gasteiger partial charge in [0.2, 0.25) is 5.91 Å². The first-order chi connectivity index (χ1) is 13.7. The topological polar surface area (TPSA) is 62.7 Å². The second-order valence-corrected chi connectivity index (χ2v) is 7.84. The number of nitrogens with zero attached hydrogens (tertiary/aromatic N) is 2. The molecule has 6 heteroatoms. The number of benzene rings is 2. The minimum absolute atomic E-state index is 0.0457. The molecule has 0 unspecified atom stereocenters. The van der Waals surface area contributed by atoms with Crippen LogP contribution in [0.5, 0.6) is 0 Å². The molecule has 1 amide bonds. The summed E-state index contributed by atoms with van der Waals surface area (Å²) in [6.07, 6.45) is 5.41. The molecule has 2 heterocycles. The third kappa shape index (κ3) is 4.07. The summed E-state index contributed by atoms with van der Waals surface area (Å²) in [7, 11) is 0. The van der Waals surface area contributed by atoms with E-state index in [2.05, 4.69) is 44.3 Å². The quantitative estimate of drug-likeness (QED) is 0.463. The number of fused-ring (bicyclic) bond motifs is 2. The van der Waals surface area contributed by atoms with Gasteiger partial charge in [0, 0.05) is 24.7 Å². The fraction of sp³-hybridized carbons (Fsp3) is 0.273. The molecule has 28 heavy (non-hydrogen) atoms. The average Bonchev–Trinajstić information content (AvgIpc) is 3.33. The Labute approximate surface area is 168 Å². The van der Waals surface area contributed by atoms with Gasteiger partial charge < -0.3 is 14.9 Å². The van der Waals surface area contributed by atoms with Crippen molar-refractivity contribution >= 4 is 39.6 Å². The van der Waals surface area contributed by atoms with Crippen LogP contribution in [-0.4, -0.2) is 32.5 Å². The fourth-order valence-electron chi connectivity index (χ4n) is 3.47. The van der Waals surface area contributed by atoms with E-state index in [4.69, 9.17) is 0 Å². The molecule has 0 radical (unpaired) electrons. The van der Waals surface area contributed by atoms with E-state index < -0.39 is 0 Å². The second kappa shape index (κ2) is 8.52. The predicted octanol–water partition coefficient (Wildman–Crippen LogP) is 4.52. The predicted molar refractivity (Wildman–Crippen MR) is 117 cm³/mol. The van der Waals surface area contributed by atoms with Gasteiger partial charge in [-0.3, -0.25) is 4.79 Å². The first-order valence-corrected chi connectivity index (χ1v) is 10.9. The Kier molecular flexibility index (Phi) is 5.67. The smallest absolute Gasteiger partial charge is 0.222 e. The zero-order valence-electron chi connectivity index (χ0n) is 15.9. The number of nitrogens with one attached hydrogen (secondary N) is 2. The molecule has 0 fully saturated rings. The lowest BCUT2D eigenvalue weighted by Crippen LogP contribution is -2.30. The second-order valence-electron chi connectivity index (χ2n) is 6.86. The SMILES string of the molecule is CSCC[C@@H](NC(=O)CCn1ccc2ccccc21)c1nc2ccccc2[nH]1. The highest BCUT2D eigenvalue weighted by Gasteiger charge is 2.18. The summed E-state index contributed by atoms with van der Waals surface area (Å²) < 4.78 is 2.13. The highest BCUT2D eigenvalue weighted by molar-refractivity contribution is 7.98. The molecular weight excluding hydrogens is 368 g/mol. The number of aromatic amines is 1. The Balaban J connectivity index is 1.44. The molecule has 0 bridgehead atoms. The van der Waals surface area contributed by atoms with Crippen molar-refractivity contribution in [2.75, 3.05) is 12.0 Å². The van der Waals surface area contributed by atoms with E-state index in [0.717, 1.165) is 34.5 Å². The van der Waals surface area contributed by atoms with Crippen molar-refractivity contribution in [2.45, 2.75) is 25.4 Å². The zero-order valence-corrected chi connectivity index (χ0v) is 16.7. The van der Waals surface area contributed by atoms with Gasteiger partial charge in [0.25, 0.3) is 0 Å². The molecule has 0 spiro atoms. The summed E-state index contributed by atoms with van der Waals surface area (Å²) in [4.78, 5) is 20.7. The van der Waals surface area contributed by atoms with Crippen LogP contribution >= 0.6 is 11.8 Å². The highest BCUT2D eigenvalue weighted by atomic mass is 32.2. The van der Waals surface area contributed by atoms with Gasteiger partial charge in [-0.1, -0.05) is 30.3 Å². The Bertz CT molecular complexity index is 1050. The lowest BCUT2D eigenvalue weighted by molar-refractivity contribution is -0.122. The van der Waals surface area contributed by atoms with Crippen LogP contribution in [0, 0.1) is 0 Å². The van der Waals surface area contributed by atoms with Crippen LogP contribution < -0.4 is 5.32 Å². The number of H-pyrrole nitrogens is 1. The lowest BCUT2D eigenvalue weighted by atomic mass is 10.2. The zero-order chi connectivity index (χ0) is 19.3. The van der Waals surface area contributed by atoms with Gasteiger partial charge in [-0.2, -0.15) is 11.8 Å². The third-order valence-corrected chi connectivity index (χ3v) is 5.59. The molecule has 2 aromatic carbocycles. The molecule has 0 aliphatic carbocycles. The van der Waals surface area contributed by atoms with Crippen molar-refractivity contribution in [1.82, 2.24) is 19.9 Å². The van der Waals surface area contributed by atoms with Gasteiger partial charge in [0.1, 0.15) is 5.82 Å². The molecule has 2 aromatic heterocycles. The summed E-state index contributed by atoms with van der Waals surface area (Å²) in [6, 6.07) is 18.2. The van der Waals surface area contributed by atoms with Gasteiger partial charge in [0.05, 0.1) is 17.1 Å². The van der Waals surface area contributed by atoms with Crippen molar-refractivity contribution in [3.8, 4) is 0 Å². The van der Waals surface area contributed by atoms with Crippen LogP contribution in [0.15, 0.2) is 60.8 Å². The van der Waals surface area contributed by atoms with E-state index >= 15 is 0 Å². The van der Waals surface area contributed by atoms with Crippen LogP contribution in [-0.2, 0) is 11.3 Å². The number of rotatable bonds is 8. The molecule has 4 rings (SSSR count). The normalized spacial score (nSPS) is 12.5. The monoisotopic (exact) mass is 392 g/mol. The number of imidazole rings is 1. The molecule has 144 valence electrons. The Morgan fingerprint density at radius 3 is 2.86 bits per heavy atom. The fourth-order valence-corrected chi connectivity index (χ4v) is 3.95. The lowest BCUT2D eigenvalue weighted by Gasteiger charge is -2.16. The van der Waals surface area contributed by atoms with E-state index in [9.17, 15) is 4.79 Å². The molecule has 4 aromatic rings. The number of carbonyl (C=O) groups excluding carboxylic acids is 1. The maximum absolute atomic E-state index is 12.7. The summed E-state index contributed by atoms with van der Waals surface area (Å²) in [6.45, 7) is 0.661. The van der Waals surface area contributed by atoms with Crippen molar-refractivity contribution in [3.63, 3.8) is 0 Å². The van der Waals surface area contributed by atoms with E-state index in [1.165, 1.54) is 5.39 Å². The molecule has 5 nitrogen and oxygen atoms in total. The Morgan fingerprint density at radius 1 is 1.18 bits per heavy atom. The van der Waals surface area contributed by atoms with Crippen molar-refractivity contribution in [1.29, 1.82) is 0 Å². The number of hydrogen-bond donors (Lipinski definition) is 2. The number of aromatic nitrogens is 3. The van der Waals surface area contributed by atoms with Crippen molar-refractivity contribution in [3.05, 3.63) is 66.6 Å². The van der Waals surface area contributed by atoms with Gasteiger partial charge in [0.15, 0.2) is 0 Å². The summed E-state index contributed by atoms with van der Waals surface area (Å²) in [5, 5.41) is 4.38. The summed E-state index contributed by atoms with van der Waals surface area (Å²) >= 11 is 1.77. The summed E-state index contributed by atoms with van der Waals surface area (Å²) in [5.74, 6) is 1.84.